The summed E-state index contributed by atoms with van der Waals surface area (Å²) in [6, 6.07) is 4.37. The molecule has 1 heterocycles. The van der Waals surface area contributed by atoms with Gasteiger partial charge in [0.25, 0.3) is 0 Å². The van der Waals surface area contributed by atoms with Gasteiger partial charge in [0.05, 0.1) is 12.1 Å². The lowest BCUT2D eigenvalue weighted by atomic mass is 10.1. The van der Waals surface area contributed by atoms with Crippen LogP contribution in [0.3, 0.4) is 0 Å². The maximum atomic E-state index is 13.0. The van der Waals surface area contributed by atoms with Crippen LogP contribution in [0.15, 0.2) is 27.2 Å². The molecule has 4 nitrogen and oxygen atoms in total. The number of benzene rings is 1. The minimum absolute atomic E-state index is 0.129. The van der Waals surface area contributed by atoms with Crippen LogP contribution in [0.5, 0.6) is 0 Å². The Hall–Kier alpha value is -1.69. The van der Waals surface area contributed by atoms with E-state index in [-0.39, 0.29) is 18.1 Å². The van der Waals surface area contributed by atoms with Crippen LogP contribution >= 0.6 is 15.9 Å². The quantitative estimate of drug-likeness (QED) is 0.930. The fraction of sp³-hybridized carbons (Fsp3) is 0.286. The first-order valence-corrected chi connectivity index (χ1v) is 6.89. The third-order valence-corrected chi connectivity index (χ3v) is 3.75. The zero-order valence-corrected chi connectivity index (χ0v) is 12.8. The standard InChI is InChI=1S/C14H14BrFN2O2/c1-8-12(9(2)20-18-8)6-14(19)17-7-10-3-4-11(16)5-13(10)15/h3-5H,6-7H2,1-2H3,(H,17,19). The van der Waals surface area contributed by atoms with E-state index in [0.29, 0.717) is 16.8 Å². The van der Waals surface area contributed by atoms with Crippen molar-refractivity contribution in [1.29, 1.82) is 0 Å². The van der Waals surface area contributed by atoms with Crippen LogP contribution in [0, 0.1) is 19.7 Å². The molecule has 0 bridgehead atoms. The normalized spacial score (nSPS) is 10.6. The fourth-order valence-corrected chi connectivity index (χ4v) is 2.33. The number of carbonyl (C=O) groups excluding carboxylic acids is 1. The van der Waals surface area contributed by atoms with Gasteiger partial charge in [-0.25, -0.2) is 4.39 Å². The van der Waals surface area contributed by atoms with Gasteiger partial charge in [0, 0.05) is 16.6 Å². The first kappa shape index (κ1) is 14.7. The number of carbonyl (C=O) groups is 1. The van der Waals surface area contributed by atoms with Crippen LogP contribution in [0.4, 0.5) is 4.39 Å². The van der Waals surface area contributed by atoms with Crippen molar-refractivity contribution < 1.29 is 13.7 Å². The average Bonchev–Trinajstić information content (AvgIpc) is 2.69. The molecule has 0 saturated carbocycles. The topological polar surface area (TPSA) is 55.1 Å². The Morgan fingerprint density at radius 2 is 2.20 bits per heavy atom. The van der Waals surface area contributed by atoms with Crippen molar-refractivity contribution in [3.8, 4) is 0 Å². The zero-order chi connectivity index (χ0) is 14.7. The molecule has 1 aromatic heterocycles. The molecule has 0 saturated heterocycles. The Morgan fingerprint density at radius 1 is 1.45 bits per heavy atom. The van der Waals surface area contributed by atoms with Crippen LogP contribution in [0.1, 0.15) is 22.6 Å². The van der Waals surface area contributed by atoms with Gasteiger partial charge < -0.3 is 9.84 Å². The molecular formula is C14H14BrFN2O2. The predicted molar refractivity (Wildman–Crippen MR) is 75.6 cm³/mol. The Bertz CT molecular complexity index is 621. The molecule has 0 unspecified atom stereocenters. The first-order chi connectivity index (χ1) is 9.47. The van der Waals surface area contributed by atoms with E-state index in [1.165, 1.54) is 12.1 Å². The van der Waals surface area contributed by atoms with Gasteiger partial charge in [0.2, 0.25) is 5.91 Å². The summed E-state index contributed by atoms with van der Waals surface area (Å²) < 4.78 is 18.6. The molecule has 1 N–H and O–H groups in total. The van der Waals surface area contributed by atoms with Crippen molar-refractivity contribution in [3.63, 3.8) is 0 Å². The first-order valence-electron chi connectivity index (χ1n) is 6.09. The van der Waals surface area contributed by atoms with Crippen LogP contribution in [0.25, 0.3) is 0 Å². The van der Waals surface area contributed by atoms with E-state index in [0.717, 1.165) is 16.8 Å². The molecule has 0 fully saturated rings. The van der Waals surface area contributed by atoms with E-state index < -0.39 is 0 Å². The van der Waals surface area contributed by atoms with E-state index >= 15 is 0 Å². The molecule has 1 aromatic carbocycles. The summed E-state index contributed by atoms with van der Waals surface area (Å²) in [4.78, 5) is 11.9. The van der Waals surface area contributed by atoms with Gasteiger partial charge in [-0.2, -0.15) is 0 Å². The number of halogens is 2. The number of nitrogens with zero attached hydrogens (tertiary/aromatic N) is 1. The fourth-order valence-electron chi connectivity index (χ4n) is 1.84. The van der Waals surface area contributed by atoms with Gasteiger partial charge in [-0.15, -0.1) is 0 Å². The average molecular weight is 341 g/mol. The lowest BCUT2D eigenvalue weighted by Crippen LogP contribution is -2.25. The van der Waals surface area contributed by atoms with Gasteiger partial charge in [0.1, 0.15) is 11.6 Å². The van der Waals surface area contributed by atoms with Crippen LogP contribution in [-0.2, 0) is 17.8 Å². The SMILES string of the molecule is Cc1noc(C)c1CC(=O)NCc1ccc(F)cc1Br. The number of rotatable bonds is 4. The summed E-state index contributed by atoms with van der Waals surface area (Å²) >= 11 is 3.26. The molecule has 0 spiro atoms. The van der Waals surface area contributed by atoms with Gasteiger partial charge >= 0.3 is 0 Å². The lowest BCUT2D eigenvalue weighted by Gasteiger charge is -2.07. The van der Waals surface area contributed by atoms with Gasteiger partial charge in [-0.1, -0.05) is 27.2 Å². The smallest absolute Gasteiger partial charge is 0.224 e. The third kappa shape index (κ3) is 3.45. The number of amides is 1. The number of aromatic nitrogens is 1. The molecule has 0 aliphatic carbocycles. The highest BCUT2D eigenvalue weighted by molar-refractivity contribution is 9.10. The monoisotopic (exact) mass is 340 g/mol. The summed E-state index contributed by atoms with van der Waals surface area (Å²) in [5.41, 5.74) is 2.35. The Kier molecular flexibility index (Phi) is 4.54. The van der Waals surface area contributed by atoms with Crippen molar-refractivity contribution in [1.82, 2.24) is 10.5 Å². The highest BCUT2D eigenvalue weighted by atomic mass is 79.9. The molecule has 1 amide bonds. The minimum atomic E-state index is -0.317. The summed E-state index contributed by atoms with van der Waals surface area (Å²) in [5, 5.41) is 6.60. The Labute approximate surface area is 124 Å². The second kappa shape index (κ2) is 6.17. The van der Waals surface area contributed by atoms with E-state index in [1.54, 1.807) is 19.9 Å². The second-order valence-electron chi connectivity index (χ2n) is 4.49. The van der Waals surface area contributed by atoms with Crippen molar-refractivity contribution in [3.05, 3.63) is 51.1 Å². The molecule has 0 aliphatic rings. The van der Waals surface area contributed by atoms with E-state index in [2.05, 4.69) is 26.4 Å². The Balaban J connectivity index is 1.96. The number of aryl methyl sites for hydroxylation is 2. The zero-order valence-electron chi connectivity index (χ0n) is 11.2. The Morgan fingerprint density at radius 3 is 2.80 bits per heavy atom. The van der Waals surface area contributed by atoms with Gasteiger partial charge in [-0.3, -0.25) is 4.79 Å². The number of nitrogens with one attached hydrogen (secondary N) is 1. The number of hydrogen-bond acceptors (Lipinski definition) is 3. The van der Waals surface area contributed by atoms with Crippen LogP contribution < -0.4 is 5.32 Å². The van der Waals surface area contributed by atoms with E-state index in [9.17, 15) is 9.18 Å². The van der Waals surface area contributed by atoms with Gasteiger partial charge in [-0.05, 0) is 31.5 Å². The molecule has 6 heteroatoms. The molecule has 20 heavy (non-hydrogen) atoms. The molecule has 2 rings (SSSR count). The van der Waals surface area contributed by atoms with Crippen LogP contribution in [-0.4, -0.2) is 11.1 Å². The van der Waals surface area contributed by atoms with E-state index in [4.69, 9.17) is 4.52 Å². The van der Waals surface area contributed by atoms with E-state index in [1.807, 2.05) is 0 Å². The predicted octanol–water partition coefficient (Wildman–Crippen LogP) is 3.05. The largest absolute Gasteiger partial charge is 0.361 e. The highest BCUT2D eigenvalue weighted by Gasteiger charge is 2.13. The molecule has 0 aliphatic heterocycles. The lowest BCUT2D eigenvalue weighted by molar-refractivity contribution is -0.120. The molecule has 106 valence electrons. The summed E-state index contributed by atoms with van der Waals surface area (Å²) in [5.74, 6) is 0.207. The third-order valence-electron chi connectivity index (χ3n) is 3.01. The van der Waals surface area contributed by atoms with Gasteiger partial charge in [0.15, 0.2) is 0 Å². The summed E-state index contributed by atoms with van der Waals surface area (Å²) in [6.07, 6.45) is 0.222. The van der Waals surface area contributed by atoms with Crippen molar-refractivity contribution in [2.24, 2.45) is 0 Å². The van der Waals surface area contributed by atoms with Crippen LogP contribution in [0.2, 0.25) is 0 Å². The van der Waals surface area contributed by atoms with Crippen molar-refractivity contribution >= 4 is 21.8 Å². The van der Waals surface area contributed by atoms with Crippen molar-refractivity contribution in [2.75, 3.05) is 0 Å². The molecule has 2 aromatic rings. The molecular weight excluding hydrogens is 327 g/mol. The summed E-state index contributed by atoms with van der Waals surface area (Å²) in [7, 11) is 0. The summed E-state index contributed by atoms with van der Waals surface area (Å²) in [6.45, 7) is 3.91. The maximum Gasteiger partial charge on any atom is 0.224 e. The maximum absolute atomic E-state index is 13.0. The highest BCUT2D eigenvalue weighted by Crippen LogP contribution is 2.18. The molecule has 0 atom stereocenters. The number of hydrogen-bond donors (Lipinski definition) is 1. The second-order valence-corrected chi connectivity index (χ2v) is 5.35. The minimum Gasteiger partial charge on any atom is -0.361 e. The van der Waals surface area contributed by atoms with Crippen molar-refractivity contribution in [2.45, 2.75) is 26.8 Å². The molecule has 0 radical (unpaired) electrons.